The minimum Gasteiger partial charge on any atom is -0.317 e. The Bertz CT molecular complexity index is 398. The molecule has 110 valence electrons. The van der Waals surface area contributed by atoms with Crippen LogP contribution < -0.4 is 5.32 Å². The zero-order valence-electron chi connectivity index (χ0n) is 11.7. The van der Waals surface area contributed by atoms with Crippen molar-refractivity contribution in [2.75, 3.05) is 19.6 Å². The minimum atomic E-state index is -3.02. The van der Waals surface area contributed by atoms with Gasteiger partial charge in [-0.05, 0) is 57.5 Å². The highest BCUT2D eigenvalue weighted by atomic mass is 32.2. The maximum Gasteiger partial charge on any atom is 0.217 e. The van der Waals surface area contributed by atoms with Crippen molar-refractivity contribution in [2.24, 2.45) is 5.92 Å². The first-order valence-electron chi connectivity index (χ1n) is 7.91. The van der Waals surface area contributed by atoms with E-state index in [1.54, 1.807) is 0 Å². The van der Waals surface area contributed by atoms with Gasteiger partial charge in [0.05, 0.1) is 5.25 Å². The van der Waals surface area contributed by atoms with E-state index in [0.717, 1.165) is 71.0 Å². The van der Waals surface area contributed by atoms with E-state index in [1.807, 2.05) is 4.31 Å². The van der Waals surface area contributed by atoms with E-state index in [9.17, 15) is 8.42 Å². The molecule has 1 unspecified atom stereocenters. The van der Waals surface area contributed by atoms with Crippen molar-refractivity contribution in [3.8, 4) is 0 Å². The molecule has 19 heavy (non-hydrogen) atoms. The fourth-order valence-electron chi connectivity index (χ4n) is 4.16. The first-order valence-corrected chi connectivity index (χ1v) is 9.41. The second kappa shape index (κ2) is 5.70. The zero-order chi connectivity index (χ0) is 13.3. The summed E-state index contributed by atoms with van der Waals surface area (Å²) in [6, 6.07) is 0.299. The van der Waals surface area contributed by atoms with Crippen LogP contribution in [0.3, 0.4) is 0 Å². The number of nitrogens with zero attached hydrogens (tertiary/aromatic N) is 1. The number of hydrogen-bond donors (Lipinski definition) is 1. The molecular formula is C14H26N2O2S. The average molecular weight is 286 g/mol. The van der Waals surface area contributed by atoms with Crippen molar-refractivity contribution in [3.05, 3.63) is 0 Å². The third-order valence-electron chi connectivity index (χ3n) is 5.23. The Hall–Kier alpha value is -0.130. The fourth-order valence-corrected chi connectivity index (χ4v) is 6.51. The molecule has 1 aliphatic carbocycles. The Morgan fingerprint density at radius 1 is 0.895 bits per heavy atom. The van der Waals surface area contributed by atoms with Crippen molar-refractivity contribution < 1.29 is 8.42 Å². The van der Waals surface area contributed by atoms with Crippen molar-refractivity contribution in [2.45, 2.75) is 62.7 Å². The van der Waals surface area contributed by atoms with Crippen LogP contribution in [-0.4, -0.2) is 43.6 Å². The summed E-state index contributed by atoms with van der Waals surface area (Å²) in [7, 11) is -3.02. The molecule has 3 aliphatic rings. The second-order valence-electron chi connectivity index (χ2n) is 6.36. The standard InChI is InChI=1S/C14H26N2O2S/c17-19(18,13-4-1-2-5-13)16-11-3-6-14(16)12-7-9-15-10-8-12/h12-15H,1-11H2. The van der Waals surface area contributed by atoms with Gasteiger partial charge in [0.15, 0.2) is 0 Å². The van der Waals surface area contributed by atoms with Crippen LogP contribution in [0.1, 0.15) is 51.4 Å². The highest BCUT2D eigenvalue weighted by molar-refractivity contribution is 7.89. The van der Waals surface area contributed by atoms with Crippen LogP contribution in [-0.2, 0) is 10.0 Å². The topological polar surface area (TPSA) is 49.4 Å². The molecule has 2 saturated heterocycles. The van der Waals surface area contributed by atoms with Gasteiger partial charge in [0.25, 0.3) is 0 Å². The molecule has 5 heteroatoms. The molecule has 0 radical (unpaired) electrons. The highest BCUT2D eigenvalue weighted by Crippen LogP contribution is 2.36. The molecule has 2 heterocycles. The molecule has 0 bridgehead atoms. The molecule has 2 aliphatic heterocycles. The van der Waals surface area contributed by atoms with Gasteiger partial charge in [0.1, 0.15) is 0 Å². The van der Waals surface area contributed by atoms with E-state index in [0.29, 0.717) is 12.0 Å². The molecule has 0 aromatic heterocycles. The average Bonchev–Trinajstić information content (AvgIpc) is 3.11. The highest BCUT2D eigenvalue weighted by Gasteiger charge is 2.42. The van der Waals surface area contributed by atoms with Crippen LogP contribution >= 0.6 is 0 Å². The van der Waals surface area contributed by atoms with E-state index in [-0.39, 0.29) is 5.25 Å². The van der Waals surface area contributed by atoms with Crippen LogP contribution in [0.5, 0.6) is 0 Å². The summed E-state index contributed by atoms with van der Waals surface area (Å²) in [5.41, 5.74) is 0. The maximum atomic E-state index is 12.8. The minimum absolute atomic E-state index is 0.0742. The number of hydrogen-bond acceptors (Lipinski definition) is 3. The summed E-state index contributed by atoms with van der Waals surface area (Å²) < 4.78 is 27.5. The van der Waals surface area contributed by atoms with Crippen LogP contribution in [0.25, 0.3) is 0 Å². The lowest BCUT2D eigenvalue weighted by atomic mass is 9.89. The number of sulfonamides is 1. The quantitative estimate of drug-likeness (QED) is 0.859. The molecule has 0 aromatic carbocycles. The van der Waals surface area contributed by atoms with Crippen LogP contribution in [0.2, 0.25) is 0 Å². The molecular weight excluding hydrogens is 260 g/mol. The predicted molar refractivity (Wildman–Crippen MR) is 76.5 cm³/mol. The zero-order valence-corrected chi connectivity index (χ0v) is 12.5. The predicted octanol–water partition coefficient (Wildman–Crippen LogP) is 1.72. The Balaban J connectivity index is 1.74. The molecule has 3 fully saturated rings. The summed E-state index contributed by atoms with van der Waals surface area (Å²) in [5.74, 6) is 0.583. The lowest BCUT2D eigenvalue weighted by molar-refractivity contribution is 0.233. The first-order chi connectivity index (χ1) is 9.19. The first kappa shape index (κ1) is 13.8. The van der Waals surface area contributed by atoms with Gasteiger partial charge in [-0.25, -0.2) is 8.42 Å². The van der Waals surface area contributed by atoms with Gasteiger partial charge < -0.3 is 5.32 Å². The molecule has 1 saturated carbocycles. The Morgan fingerprint density at radius 3 is 2.26 bits per heavy atom. The smallest absolute Gasteiger partial charge is 0.217 e. The normalized spacial score (nSPS) is 32.1. The monoisotopic (exact) mass is 286 g/mol. The third-order valence-corrected chi connectivity index (χ3v) is 7.65. The van der Waals surface area contributed by atoms with E-state index in [4.69, 9.17) is 0 Å². The van der Waals surface area contributed by atoms with Crippen LogP contribution in [0, 0.1) is 5.92 Å². The van der Waals surface area contributed by atoms with Gasteiger partial charge >= 0.3 is 0 Å². The van der Waals surface area contributed by atoms with Gasteiger partial charge in [0.2, 0.25) is 10.0 Å². The van der Waals surface area contributed by atoms with E-state index >= 15 is 0 Å². The van der Waals surface area contributed by atoms with Crippen molar-refractivity contribution >= 4 is 10.0 Å². The molecule has 4 nitrogen and oxygen atoms in total. The summed E-state index contributed by atoms with van der Waals surface area (Å²) >= 11 is 0. The molecule has 1 N–H and O–H groups in total. The second-order valence-corrected chi connectivity index (χ2v) is 8.52. The summed E-state index contributed by atoms with van der Waals surface area (Å²) in [5, 5.41) is 3.30. The lowest BCUT2D eigenvalue weighted by Gasteiger charge is -2.35. The molecule has 0 aromatic rings. The summed E-state index contributed by atoms with van der Waals surface area (Å²) in [4.78, 5) is 0. The molecule has 0 spiro atoms. The lowest BCUT2D eigenvalue weighted by Crippen LogP contribution is -2.46. The van der Waals surface area contributed by atoms with E-state index in [2.05, 4.69) is 5.32 Å². The number of nitrogens with one attached hydrogen (secondary N) is 1. The number of rotatable bonds is 3. The largest absolute Gasteiger partial charge is 0.317 e. The van der Waals surface area contributed by atoms with Gasteiger partial charge in [-0.15, -0.1) is 0 Å². The SMILES string of the molecule is O=S(=O)(C1CCCC1)N1CCCC1C1CCNCC1. The Labute approximate surface area is 117 Å². The third kappa shape index (κ3) is 2.69. The summed E-state index contributed by atoms with van der Waals surface area (Å²) in [6.45, 7) is 2.88. The van der Waals surface area contributed by atoms with Crippen LogP contribution in [0.4, 0.5) is 0 Å². The van der Waals surface area contributed by atoms with E-state index < -0.39 is 10.0 Å². The Kier molecular flexibility index (Phi) is 4.15. The van der Waals surface area contributed by atoms with Crippen LogP contribution in [0.15, 0.2) is 0 Å². The van der Waals surface area contributed by atoms with Gasteiger partial charge in [-0.3, -0.25) is 0 Å². The van der Waals surface area contributed by atoms with E-state index in [1.165, 1.54) is 0 Å². The molecule has 0 amide bonds. The van der Waals surface area contributed by atoms with Crippen molar-refractivity contribution in [1.82, 2.24) is 9.62 Å². The Morgan fingerprint density at radius 2 is 1.58 bits per heavy atom. The molecule has 1 atom stereocenters. The van der Waals surface area contributed by atoms with Crippen molar-refractivity contribution in [1.29, 1.82) is 0 Å². The fraction of sp³-hybridized carbons (Fsp3) is 1.00. The molecule has 3 rings (SSSR count). The van der Waals surface area contributed by atoms with Gasteiger partial charge in [-0.1, -0.05) is 12.8 Å². The van der Waals surface area contributed by atoms with Gasteiger partial charge in [-0.2, -0.15) is 4.31 Å². The van der Waals surface area contributed by atoms with Crippen molar-refractivity contribution in [3.63, 3.8) is 0 Å². The summed E-state index contributed by atoms with van der Waals surface area (Å²) in [6.07, 6.45) is 8.38. The maximum absolute atomic E-state index is 12.8. The van der Waals surface area contributed by atoms with Gasteiger partial charge in [0, 0.05) is 12.6 Å². The number of piperidine rings is 1.